The highest BCUT2D eigenvalue weighted by Crippen LogP contribution is 2.37. The number of benzene rings is 1. The Morgan fingerprint density at radius 1 is 1.35 bits per heavy atom. The van der Waals surface area contributed by atoms with Gasteiger partial charge in [-0.2, -0.15) is 0 Å². The number of aromatic amines is 1. The van der Waals surface area contributed by atoms with Gasteiger partial charge >= 0.3 is 6.03 Å². The Morgan fingerprint density at radius 2 is 2.19 bits per heavy atom. The minimum atomic E-state index is -0.891. The van der Waals surface area contributed by atoms with Gasteiger partial charge in [0.05, 0.1) is 7.11 Å². The molecule has 2 atom stereocenters. The van der Waals surface area contributed by atoms with Crippen molar-refractivity contribution >= 4 is 28.7 Å². The molecule has 2 aliphatic rings. The van der Waals surface area contributed by atoms with Gasteiger partial charge in [-0.05, 0) is 37.1 Å². The van der Waals surface area contributed by atoms with Crippen LogP contribution < -0.4 is 20.7 Å². The van der Waals surface area contributed by atoms with Gasteiger partial charge in [-0.15, -0.1) is 0 Å². The highest BCUT2D eigenvalue weighted by molar-refractivity contribution is 6.07. The van der Waals surface area contributed by atoms with E-state index >= 15 is 0 Å². The lowest BCUT2D eigenvalue weighted by Gasteiger charge is -2.28. The number of amides is 4. The monoisotopic (exact) mass is 356 g/mol. The average Bonchev–Trinajstić information content (AvgIpc) is 3.30. The highest BCUT2D eigenvalue weighted by atomic mass is 16.5. The number of carbonyl (C=O) groups excluding carboxylic acids is 3. The van der Waals surface area contributed by atoms with Crippen molar-refractivity contribution in [3.8, 4) is 5.75 Å². The van der Waals surface area contributed by atoms with Crippen molar-refractivity contribution < 1.29 is 19.1 Å². The Kier molecular flexibility index (Phi) is 3.82. The Labute approximate surface area is 149 Å². The van der Waals surface area contributed by atoms with Crippen LogP contribution in [0, 0.1) is 5.92 Å². The lowest BCUT2D eigenvalue weighted by molar-refractivity contribution is -0.125. The predicted octanol–water partition coefficient (Wildman–Crippen LogP) is 1.28. The van der Waals surface area contributed by atoms with Crippen molar-refractivity contribution in [3.63, 3.8) is 0 Å². The van der Waals surface area contributed by atoms with E-state index in [1.165, 1.54) is 0 Å². The summed E-state index contributed by atoms with van der Waals surface area (Å²) in [6.45, 7) is 0.325. The van der Waals surface area contributed by atoms with Crippen molar-refractivity contribution in [1.82, 2.24) is 20.9 Å². The normalized spacial score (nSPS) is 24.7. The molecule has 0 bridgehead atoms. The van der Waals surface area contributed by atoms with Crippen LogP contribution in [-0.4, -0.2) is 42.0 Å². The molecule has 1 spiro atoms. The summed E-state index contributed by atoms with van der Waals surface area (Å²) in [5, 5.41) is 8.83. The molecule has 4 amide bonds. The maximum atomic E-state index is 12.5. The molecule has 8 nitrogen and oxygen atoms in total. The fourth-order valence-corrected chi connectivity index (χ4v) is 3.99. The van der Waals surface area contributed by atoms with Gasteiger partial charge in [0.1, 0.15) is 17.0 Å². The van der Waals surface area contributed by atoms with Gasteiger partial charge in [-0.1, -0.05) is 6.42 Å². The van der Waals surface area contributed by atoms with Crippen LogP contribution in [0.15, 0.2) is 24.3 Å². The third-order valence-corrected chi connectivity index (χ3v) is 5.37. The topological polar surface area (TPSA) is 112 Å². The van der Waals surface area contributed by atoms with E-state index in [0.717, 1.165) is 29.5 Å². The van der Waals surface area contributed by atoms with Crippen molar-refractivity contribution in [2.75, 3.05) is 13.7 Å². The van der Waals surface area contributed by atoms with E-state index in [2.05, 4.69) is 20.9 Å². The summed E-state index contributed by atoms with van der Waals surface area (Å²) in [6, 6.07) is 6.84. The molecule has 4 rings (SSSR count). The molecule has 26 heavy (non-hydrogen) atoms. The smallest absolute Gasteiger partial charge is 0.322 e. The fraction of sp³-hybridized carbons (Fsp3) is 0.389. The number of urea groups is 1. The van der Waals surface area contributed by atoms with Crippen LogP contribution in [0.1, 0.15) is 29.8 Å². The summed E-state index contributed by atoms with van der Waals surface area (Å²) in [4.78, 5) is 39.3. The number of imide groups is 1. The van der Waals surface area contributed by atoms with Gasteiger partial charge in [0.2, 0.25) is 0 Å². The molecular formula is C18H20N4O4. The van der Waals surface area contributed by atoms with Crippen LogP contribution in [-0.2, 0) is 4.79 Å². The fourth-order valence-electron chi connectivity index (χ4n) is 3.99. The van der Waals surface area contributed by atoms with Gasteiger partial charge in [0, 0.05) is 23.4 Å². The van der Waals surface area contributed by atoms with Crippen molar-refractivity contribution in [2.24, 2.45) is 5.92 Å². The van der Waals surface area contributed by atoms with Gasteiger partial charge in [-0.3, -0.25) is 14.9 Å². The summed E-state index contributed by atoms with van der Waals surface area (Å²) in [5.41, 5.74) is 0.397. The molecular weight excluding hydrogens is 336 g/mol. The number of nitrogens with one attached hydrogen (secondary N) is 4. The minimum absolute atomic E-state index is 0.123. The molecule has 136 valence electrons. The quantitative estimate of drug-likeness (QED) is 0.618. The molecule has 2 heterocycles. The van der Waals surface area contributed by atoms with E-state index < -0.39 is 11.6 Å². The first-order valence-corrected chi connectivity index (χ1v) is 8.60. The number of carbonyl (C=O) groups is 3. The number of ether oxygens (including phenoxy) is 1. The molecule has 8 heteroatoms. The Morgan fingerprint density at radius 3 is 2.92 bits per heavy atom. The summed E-state index contributed by atoms with van der Waals surface area (Å²) in [6.07, 6.45) is 2.20. The molecule has 4 N–H and O–H groups in total. The van der Waals surface area contributed by atoms with Gasteiger partial charge in [-0.25, -0.2) is 4.79 Å². The van der Waals surface area contributed by atoms with Crippen LogP contribution in [0.2, 0.25) is 0 Å². The molecule has 1 aliphatic heterocycles. The van der Waals surface area contributed by atoms with Crippen molar-refractivity contribution in [2.45, 2.75) is 24.8 Å². The zero-order valence-electron chi connectivity index (χ0n) is 14.3. The largest absolute Gasteiger partial charge is 0.497 e. The van der Waals surface area contributed by atoms with Crippen LogP contribution in [0.25, 0.3) is 10.9 Å². The van der Waals surface area contributed by atoms with Gasteiger partial charge in [0.25, 0.3) is 11.8 Å². The zero-order valence-corrected chi connectivity index (χ0v) is 14.3. The van der Waals surface area contributed by atoms with Crippen molar-refractivity contribution in [3.05, 3.63) is 30.0 Å². The van der Waals surface area contributed by atoms with Gasteiger partial charge < -0.3 is 20.4 Å². The lowest BCUT2D eigenvalue weighted by Crippen LogP contribution is -2.53. The molecule has 1 aromatic heterocycles. The maximum absolute atomic E-state index is 12.5. The number of hydrogen-bond acceptors (Lipinski definition) is 4. The maximum Gasteiger partial charge on any atom is 0.322 e. The second-order valence-corrected chi connectivity index (χ2v) is 6.81. The molecule has 1 saturated carbocycles. The van der Waals surface area contributed by atoms with E-state index in [1.807, 2.05) is 18.2 Å². The van der Waals surface area contributed by atoms with Crippen LogP contribution in [0.5, 0.6) is 5.75 Å². The third kappa shape index (κ3) is 2.58. The number of methoxy groups -OCH3 is 1. The number of H-pyrrole nitrogens is 1. The molecule has 1 aromatic carbocycles. The van der Waals surface area contributed by atoms with Crippen LogP contribution in [0.3, 0.4) is 0 Å². The minimum Gasteiger partial charge on any atom is -0.497 e. The van der Waals surface area contributed by atoms with Gasteiger partial charge in [0.15, 0.2) is 0 Å². The molecule has 1 saturated heterocycles. The number of fused-ring (bicyclic) bond motifs is 1. The molecule has 2 aromatic rings. The first kappa shape index (κ1) is 16.4. The van der Waals surface area contributed by atoms with E-state index in [-0.39, 0.29) is 17.7 Å². The Hall–Kier alpha value is -3.03. The SMILES string of the molecule is COc1ccc2[nH]c(C(=O)NCC3CCCC34NC(=O)NC4=O)cc2c1. The summed E-state index contributed by atoms with van der Waals surface area (Å²) in [7, 11) is 1.59. The number of aromatic nitrogens is 1. The van der Waals surface area contributed by atoms with E-state index in [0.29, 0.717) is 18.7 Å². The Bertz CT molecular complexity index is 906. The van der Waals surface area contributed by atoms with E-state index in [1.54, 1.807) is 13.2 Å². The summed E-state index contributed by atoms with van der Waals surface area (Å²) in [5.74, 6) is 0.0608. The molecule has 1 aliphatic carbocycles. The first-order chi connectivity index (χ1) is 12.5. The second-order valence-electron chi connectivity index (χ2n) is 6.81. The van der Waals surface area contributed by atoms with Crippen molar-refractivity contribution in [1.29, 1.82) is 0 Å². The summed E-state index contributed by atoms with van der Waals surface area (Å²) < 4.78 is 5.19. The van der Waals surface area contributed by atoms with Crippen LogP contribution >= 0.6 is 0 Å². The number of hydrogen-bond donors (Lipinski definition) is 4. The third-order valence-electron chi connectivity index (χ3n) is 5.37. The van der Waals surface area contributed by atoms with E-state index in [4.69, 9.17) is 4.74 Å². The zero-order chi connectivity index (χ0) is 18.3. The summed E-state index contributed by atoms with van der Waals surface area (Å²) >= 11 is 0. The molecule has 2 fully saturated rings. The molecule has 0 radical (unpaired) electrons. The first-order valence-electron chi connectivity index (χ1n) is 8.60. The molecule has 2 unspecified atom stereocenters. The lowest BCUT2D eigenvalue weighted by atomic mass is 9.87. The Balaban J connectivity index is 1.47. The van der Waals surface area contributed by atoms with E-state index in [9.17, 15) is 14.4 Å². The standard InChI is InChI=1S/C18H20N4O4/c1-26-12-4-5-13-10(7-12)8-14(20-13)15(23)19-9-11-3-2-6-18(11)16(24)21-17(25)22-18/h4-5,7-8,11,20H,2-3,6,9H2,1H3,(H,19,23)(H2,21,22,24,25). The highest BCUT2D eigenvalue weighted by Gasteiger charge is 2.54. The second kappa shape index (κ2) is 6.05. The average molecular weight is 356 g/mol. The predicted molar refractivity (Wildman–Crippen MR) is 93.9 cm³/mol. The number of rotatable bonds is 4. The van der Waals surface area contributed by atoms with Crippen LogP contribution in [0.4, 0.5) is 4.79 Å².